The summed E-state index contributed by atoms with van der Waals surface area (Å²) in [7, 11) is 1.60. The topological polar surface area (TPSA) is 83.7 Å². The maximum Gasteiger partial charge on any atom is 0.264 e. The van der Waals surface area contributed by atoms with Gasteiger partial charge in [0, 0.05) is 5.56 Å². The number of carbonyl (C=O) groups is 1. The van der Waals surface area contributed by atoms with Crippen LogP contribution in [0.25, 0.3) is 6.08 Å². The van der Waals surface area contributed by atoms with Gasteiger partial charge in [0.2, 0.25) is 0 Å². The third-order valence-electron chi connectivity index (χ3n) is 3.45. The van der Waals surface area contributed by atoms with Crippen molar-refractivity contribution in [1.82, 2.24) is 5.32 Å². The predicted molar refractivity (Wildman–Crippen MR) is 101 cm³/mol. The largest absolute Gasteiger partial charge is 0.497 e. The number of amides is 1. The van der Waals surface area contributed by atoms with Gasteiger partial charge in [-0.1, -0.05) is 18.2 Å². The van der Waals surface area contributed by atoms with E-state index in [0.717, 1.165) is 11.3 Å². The van der Waals surface area contributed by atoms with E-state index in [2.05, 4.69) is 10.3 Å². The monoisotopic (exact) mass is 365 g/mol. The second-order valence-electron chi connectivity index (χ2n) is 5.16. The van der Waals surface area contributed by atoms with Gasteiger partial charge in [-0.05, 0) is 48.2 Å². The standard InChI is InChI=1S/C19H15N3O3S/c1-24-15-8-6-14(7-9-15)21-19-22-18(23)17(26-19)12-13-4-2-3-5-16(13)25-11-10-20/h2-9,12H,11H2,1H3,(H,21,22,23)/b17-12+. The fourth-order valence-corrected chi connectivity index (χ4v) is 3.07. The molecule has 1 fully saturated rings. The molecule has 0 spiro atoms. The summed E-state index contributed by atoms with van der Waals surface area (Å²) in [4.78, 5) is 17.1. The Labute approximate surface area is 155 Å². The minimum Gasteiger partial charge on any atom is -0.497 e. The summed E-state index contributed by atoms with van der Waals surface area (Å²) < 4.78 is 10.5. The number of nitrogens with zero attached hydrogens (tertiary/aromatic N) is 2. The summed E-state index contributed by atoms with van der Waals surface area (Å²) in [6.45, 7) is -0.0519. The van der Waals surface area contributed by atoms with Gasteiger partial charge >= 0.3 is 0 Å². The molecule has 0 radical (unpaired) electrons. The number of nitriles is 1. The first-order chi connectivity index (χ1) is 12.7. The summed E-state index contributed by atoms with van der Waals surface area (Å²) >= 11 is 1.25. The van der Waals surface area contributed by atoms with Crippen molar-refractivity contribution in [1.29, 1.82) is 5.26 Å². The van der Waals surface area contributed by atoms with Crippen LogP contribution in [0.1, 0.15) is 5.56 Å². The SMILES string of the molecule is COc1ccc(N=C2NC(=O)/C(=C\c3ccccc3OCC#N)S2)cc1. The molecule has 1 saturated heterocycles. The Kier molecular flexibility index (Phi) is 5.56. The number of rotatable bonds is 5. The quantitative estimate of drug-likeness (QED) is 0.820. The van der Waals surface area contributed by atoms with Crippen molar-refractivity contribution in [2.75, 3.05) is 13.7 Å². The average molecular weight is 365 g/mol. The molecule has 2 aromatic rings. The number of ether oxygens (including phenoxy) is 2. The molecule has 1 heterocycles. The number of carbonyl (C=O) groups excluding carboxylic acids is 1. The fourth-order valence-electron chi connectivity index (χ4n) is 2.24. The van der Waals surface area contributed by atoms with E-state index in [1.54, 1.807) is 31.4 Å². The van der Waals surface area contributed by atoms with Crippen LogP contribution in [0, 0.1) is 11.3 Å². The van der Waals surface area contributed by atoms with Crippen molar-refractivity contribution in [2.24, 2.45) is 4.99 Å². The second kappa shape index (κ2) is 8.23. The average Bonchev–Trinajstić information content (AvgIpc) is 3.00. The number of benzene rings is 2. The van der Waals surface area contributed by atoms with Crippen molar-refractivity contribution in [2.45, 2.75) is 0 Å². The molecule has 0 aromatic heterocycles. The molecular weight excluding hydrogens is 350 g/mol. The molecule has 1 amide bonds. The highest BCUT2D eigenvalue weighted by molar-refractivity contribution is 8.18. The summed E-state index contributed by atoms with van der Waals surface area (Å²) in [5, 5.41) is 11.9. The summed E-state index contributed by atoms with van der Waals surface area (Å²) in [5.41, 5.74) is 1.44. The van der Waals surface area contributed by atoms with Gasteiger partial charge in [0.25, 0.3) is 5.91 Å². The lowest BCUT2D eigenvalue weighted by Gasteiger charge is -2.05. The number of para-hydroxylation sites is 1. The van der Waals surface area contributed by atoms with Gasteiger partial charge < -0.3 is 14.8 Å². The van der Waals surface area contributed by atoms with Crippen LogP contribution in [0.15, 0.2) is 58.4 Å². The van der Waals surface area contributed by atoms with Crippen LogP contribution < -0.4 is 14.8 Å². The molecule has 2 aromatic carbocycles. The number of aliphatic imine (C=N–C) groups is 1. The highest BCUT2D eigenvalue weighted by Gasteiger charge is 2.24. The third-order valence-corrected chi connectivity index (χ3v) is 4.36. The van der Waals surface area contributed by atoms with Gasteiger partial charge in [0.05, 0.1) is 17.7 Å². The molecule has 0 bridgehead atoms. The summed E-state index contributed by atoms with van der Waals surface area (Å²) in [6.07, 6.45) is 1.73. The maximum atomic E-state index is 12.2. The van der Waals surface area contributed by atoms with Gasteiger partial charge in [-0.25, -0.2) is 4.99 Å². The molecule has 0 unspecified atom stereocenters. The Morgan fingerprint density at radius 1 is 1.23 bits per heavy atom. The van der Waals surface area contributed by atoms with Crippen LogP contribution >= 0.6 is 11.8 Å². The molecule has 3 rings (SSSR count). The molecule has 6 nitrogen and oxygen atoms in total. The highest BCUT2D eigenvalue weighted by Crippen LogP contribution is 2.30. The minimum absolute atomic E-state index is 0.0519. The van der Waals surface area contributed by atoms with E-state index in [9.17, 15) is 4.79 Å². The zero-order chi connectivity index (χ0) is 18.4. The highest BCUT2D eigenvalue weighted by atomic mass is 32.2. The van der Waals surface area contributed by atoms with Crippen LogP contribution in [0.3, 0.4) is 0 Å². The molecule has 1 aliphatic heterocycles. The lowest BCUT2D eigenvalue weighted by Crippen LogP contribution is -2.19. The van der Waals surface area contributed by atoms with E-state index in [1.165, 1.54) is 11.8 Å². The Bertz CT molecular complexity index is 914. The zero-order valence-corrected chi connectivity index (χ0v) is 14.7. The predicted octanol–water partition coefficient (Wildman–Crippen LogP) is 3.49. The smallest absolute Gasteiger partial charge is 0.264 e. The van der Waals surface area contributed by atoms with Crippen molar-refractivity contribution in [3.05, 3.63) is 59.0 Å². The Balaban J connectivity index is 1.80. The molecule has 1 aliphatic rings. The normalized spacial score (nSPS) is 16.4. The van der Waals surface area contributed by atoms with Crippen LogP contribution in [-0.4, -0.2) is 24.8 Å². The fraction of sp³-hybridized carbons (Fsp3) is 0.105. The zero-order valence-electron chi connectivity index (χ0n) is 13.9. The first-order valence-corrected chi connectivity index (χ1v) is 8.53. The van der Waals surface area contributed by atoms with Crippen molar-refractivity contribution < 1.29 is 14.3 Å². The molecular formula is C19H15N3O3S. The molecule has 26 heavy (non-hydrogen) atoms. The Morgan fingerprint density at radius 2 is 2.00 bits per heavy atom. The number of hydrogen-bond donors (Lipinski definition) is 1. The Morgan fingerprint density at radius 3 is 2.73 bits per heavy atom. The van der Waals surface area contributed by atoms with Crippen LogP contribution in [0.2, 0.25) is 0 Å². The number of methoxy groups -OCH3 is 1. The van der Waals surface area contributed by atoms with Crippen molar-refractivity contribution in [3.8, 4) is 17.6 Å². The minimum atomic E-state index is -0.225. The number of hydrogen-bond acceptors (Lipinski definition) is 6. The van der Waals surface area contributed by atoms with Crippen LogP contribution in [-0.2, 0) is 4.79 Å². The third kappa shape index (κ3) is 4.23. The first kappa shape index (κ1) is 17.6. The van der Waals surface area contributed by atoms with Gasteiger partial charge in [0.15, 0.2) is 11.8 Å². The van der Waals surface area contributed by atoms with Gasteiger partial charge in [0.1, 0.15) is 17.6 Å². The second-order valence-corrected chi connectivity index (χ2v) is 6.20. The lowest BCUT2D eigenvalue weighted by atomic mass is 10.2. The van der Waals surface area contributed by atoms with E-state index in [-0.39, 0.29) is 12.5 Å². The van der Waals surface area contributed by atoms with Gasteiger partial charge in [-0.3, -0.25) is 4.79 Å². The van der Waals surface area contributed by atoms with Crippen LogP contribution in [0.5, 0.6) is 11.5 Å². The molecule has 0 atom stereocenters. The maximum absolute atomic E-state index is 12.2. The van der Waals surface area contributed by atoms with Crippen LogP contribution in [0.4, 0.5) is 5.69 Å². The number of thioether (sulfide) groups is 1. The van der Waals surface area contributed by atoms with Gasteiger partial charge in [-0.2, -0.15) is 5.26 Å². The molecule has 7 heteroatoms. The van der Waals surface area contributed by atoms with E-state index in [4.69, 9.17) is 14.7 Å². The van der Waals surface area contributed by atoms with Crippen molar-refractivity contribution >= 4 is 34.6 Å². The molecule has 0 saturated carbocycles. The first-order valence-electron chi connectivity index (χ1n) is 7.72. The van der Waals surface area contributed by atoms with E-state index < -0.39 is 0 Å². The van der Waals surface area contributed by atoms with Crippen molar-refractivity contribution in [3.63, 3.8) is 0 Å². The lowest BCUT2D eigenvalue weighted by molar-refractivity contribution is -0.115. The number of nitrogens with one attached hydrogen (secondary N) is 1. The van der Waals surface area contributed by atoms with E-state index in [0.29, 0.717) is 21.5 Å². The van der Waals surface area contributed by atoms with Gasteiger partial charge in [-0.15, -0.1) is 0 Å². The molecule has 0 aliphatic carbocycles. The number of amidine groups is 1. The molecule has 130 valence electrons. The summed E-state index contributed by atoms with van der Waals surface area (Å²) in [6, 6.07) is 16.4. The van der Waals surface area contributed by atoms with E-state index in [1.807, 2.05) is 36.4 Å². The summed E-state index contributed by atoms with van der Waals surface area (Å²) in [5.74, 6) is 1.07. The Hall–Kier alpha value is -3.24. The molecule has 1 N–H and O–H groups in total. The van der Waals surface area contributed by atoms with E-state index >= 15 is 0 Å².